The molecule has 0 fully saturated rings. The predicted molar refractivity (Wildman–Crippen MR) is 99.9 cm³/mol. The van der Waals surface area contributed by atoms with E-state index < -0.39 is 18.0 Å². The number of aromatic nitrogens is 2. The molecule has 11 heteroatoms. The monoisotopic (exact) mass is 411 g/mol. The lowest BCUT2D eigenvalue weighted by Crippen LogP contribution is -2.46. The van der Waals surface area contributed by atoms with Gasteiger partial charge in [-0.15, -0.1) is 10.2 Å². The first kappa shape index (κ1) is 18.5. The predicted octanol–water partition coefficient (Wildman–Crippen LogP) is 2.35. The standard InChI is InChI=1S/C15H14ClN5O3S2/c1-24-12(22)10-9(6-25-15-21-20-13(17)26-15)18-14(23)19-11(10)7-4-2-3-5-8(7)16/h2-5,11H,6H2,1H3,(H2,17,20)(H2,18,19,23)/t11-/m1/s1. The molecule has 2 amide bonds. The maximum Gasteiger partial charge on any atom is 0.338 e. The van der Waals surface area contributed by atoms with Gasteiger partial charge in [0.25, 0.3) is 0 Å². The van der Waals surface area contributed by atoms with Crippen molar-refractivity contribution in [2.24, 2.45) is 0 Å². The molecule has 1 aliphatic heterocycles. The smallest absolute Gasteiger partial charge is 0.338 e. The highest BCUT2D eigenvalue weighted by molar-refractivity contribution is 8.01. The van der Waals surface area contributed by atoms with E-state index in [1.165, 1.54) is 30.2 Å². The number of carbonyl (C=O) groups excluding carboxylic acids is 2. The van der Waals surface area contributed by atoms with Crippen LogP contribution in [0.3, 0.4) is 0 Å². The zero-order valence-corrected chi connectivity index (χ0v) is 15.9. The first-order valence-electron chi connectivity index (χ1n) is 7.34. The summed E-state index contributed by atoms with van der Waals surface area (Å²) >= 11 is 8.79. The number of carbonyl (C=O) groups is 2. The minimum atomic E-state index is -0.722. The molecule has 0 unspecified atom stereocenters. The molecule has 136 valence electrons. The van der Waals surface area contributed by atoms with E-state index in [2.05, 4.69) is 20.8 Å². The average molecular weight is 412 g/mol. The number of halogens is 1. The number of nitrogens with zero attached hydrogens (tertiary/aromatic N) is 2. The molecule has 0 aliphatic carbocycles. The third kappa shape index (κ3) is 3.92. The number of urea groups is 1. The molecule has 1 aromatic heterocycles. The zero-order valence-electron chi connectivity index (χ0n) is 13.5. The van der Waals surface area contributed by atoms with Crippen LogP contribution in [0.15, 0.2) is 39.9 Å². The zero-order chi connectivity index (χ0) is 18.7. The van der Waals surface area contributed by atoms with Crippen molar-refractivity contribution in [2.75, 3.05) is 18.6 Å². The molecule has 3 rings (SSSR count). The molecule has 2 heterocycles. The van der Waals surface area contributed by atoms with E-state index >= 15 is 0 Å². The number of methoxy groups -OCH3 is 1. The highest BCUT2D eigenvalue weighted by atomic mass is 35.5. The summed E-state index contributed by atoms with van der Waals surface area (Å²) in [6.45, 7) is 0. The van der Waals surface area contributed by atoms with E-state index in [9.17, 15) is 9.59 Å². The van der Waals surface area contributed by atoms with Crippen molar-refractivity contribution >= 4 is 51.8 Å². The Morgan fingerprint density at radius 2 is 2.19 bits per heavy atom. The van der Waals surface area contributed by atoms with Crippen LogP contribution in [0.4, 0.5) is 9.93 Å². The molecule has 0 saturated heterocycles. The molecule has 0 radical (unpaired) electrons. The third-order valence-electron chi connectivity index (χ3n) is 3.54. The van der Waals surface area contributed by atoms with E-state index in [4.69, 9.17) is 22.1 Å². The van der Waals surface area contributed by atoms with Gasteiger partial charge < -0.3 is 21.1 Å². The number of hydrogen-bond donors (Lipinski definition) is 3. The maximum atomic E-state index is 12.4. The summed E-state index contributed by atoms with van der Waals surface area (Å²) in [6, 6.07) is 5.83. The fourth-order valence-corrected chi connectivity index (χ4v) is 4.29. The minimum absolute atomic E-state index is 0.283. The topological polar surface area (TPSA) is 119 Å². The largest absolute Gasteiger partial charge is 0.466 e. The second-order valence-corrected chi connectivity index (χ2v) is 7.77. The number of esters is 1. The Morgan fingerprint density at radius 1 is 1.42 bits per heavy atom. The molecule has 26 heavy (non-hydrogen) atoms. The summed E-state index contributed by atoms with van der Waals surface area (Å²) in [6.07, 6.45) is 0. The molecule has 8 nitrogen and oxygen atoms in total. The molecule has 0 bridgehead atoms. The van der Waals surface area contributed by atoms with E-state index in [-0.39, 0.29) is 11.3 Å². The number of hydrogen-bond acceptors (Lipinski definition) is 8. The van der Waals surface area contributed by atoms with E-state index in [1.54, 1.807) is 24.3 Å². The van der Waals surface area contributed by atoms with Crippen LogP contribution in [0.1, 0.15) is 11.6 Å². The van der Waals surface area contributed by atoms with Gasteiger partial charge in [-0.3, -0.25) is 0 Å². The summed E-state index contributed by atoms with van der Waals surface area (Å²) in [4.78, 5) is 24.6. The van der Waals surface area contributed by atoms with Gasteiger partial charge in [0, 0.05) is 16.5 Å². The van der Waals surface area contributed by atoms with Crippen LogP contribution in [0, 0.1) is 0 Å². The summed E-state index contributed by atoms with van der Waals surface area (Å²) in [7, 11) is 1.28. The third-order valence-corrected chi connectivity index (χ3v) is 5.79. The van der Waals surface area contributed by atoms with E-state index in [1.807, 2.05) is 0 Å². The fourth-order valence-electron chi connectivity index (χ4n) is 2.44. The second-order valence-electron chi connectivity index (χ2n) is 5.13. The number of benzene rings is 1. The van der Waals surface area contributed by atoms with Gasteiger partial charge in [-0.2, -0.15) is 0 Å². The average Bonchev–Trinajstić information content (AvgIpc) is 3.04. The van der Waals surface area contributed by atoms with Crippen molar-refractivity contribution in [3.05, 3.63) is 46.1 Å². The quantitative estimate of drug-likeness (QED) is 0.510. The number of anilines is 1. The van der Waals surface area contributed by atoms with Crippen molar-refractivity contribution in [1.29, 1.82) is 0 Å². The summed E-state index contributed by atoms with van der Waals surface area (Å²) in [5.41, 5.74) is 6.88. The van der Waals surface area contributed by atoms with Crippen LogP contribution < -0.4 is 16.4 Å². The Kier molecular flexibility index (Phi) is 5.64. The van der Waals surface area contributed by atoms with Crippen LogP contribution in [0.2, 0.25) is 5.02 Å². The Labute approximate surface area is 162 Å². The van der Waals surface area contributed by atoms with Crippen LogP contribution in [0.5, 0.6) is 0 Å². The Morgan fingerprint density at radius 3 is 2.85 bits per heavy atom. The molecular formula is C15H14ClN5O3S2. The minimum Gasteiger partial charge on any atom is -0.466 e. The molecule has 1 aliphatic rings. The molecule has 0 saturated carbocycles. The first-order chi connectivity index (χ1) is 12.5. The number of amides is 2. The van der Waals surface area contributed by atoms with Gasteiger partial charge >= 0.3 is 12.0 Å². The number of nitrogen functional groups attached to an aromatic ring is 1. The first-order valence-corrected chi connectivity index (χ1v) is 9.52. The lowest BCUT2D eigenvalue weighted by molar-refractivity contribution is -0.136. The summed E-state index contributed by atoms with van der Waals surface area (Å²) in [5.74, 6) is -0.275. The number of nitrogens with two attached hydrogens (primary N) is 1. The lowest BCUT2D eigenvalue weighted by Gasteiger charge is -2.29. The molecule has 2 aromatic rings. The van der Waals surface area contributed by atoms with Gasteiger partial charge in [0.1, 0.15) is 0 Å². The Hall–Kier alpha value is -2.30. The number of rotatable bonds is 5. The fraction of sp³-hybridized carbons (Fsp3) is 0.200. The van der Waals surface area contributed by atoms with Crippen LogP contribution in [-0.4, -0.2) is 35.1 Å². The van der Waals surface area contributed by atoms with Gasteiger partial charge in [0.2, 0.25) is 5.13 Å². The SMILES string of the molecule is COC(=O)C1=C(CSc2nnc(N)s2)NC(=O)N[C@@H]1c1ccccc1Cl. The highest BCUT2D eigenvalue weighted by Gasteiger charge is 2.34. The van der Waals surface area contributed by atoms with Gasteiger partial charge in [-0.05, 0) is 11.6 Å². The van der Waals surface area contributed by atoms with Gasteiger partial charge in [0.05, 0.1) is 18.7 Å². The van der Waals surface area contributed by atoms with Crippen molar-refractivity contribution in [3.8, 4) is 0 Å². The molecule has 0 spiro atoms. The molecule has 4 N–H and O–H groups in total. The maximum absolute atomic E-state index is 12.4. The summed E-state index contributed by atoms with van der Waals surface area (Å²) < 4.78 is 5.54. The van der Waals surface area contributed by atoms with Crippen LogP contribution in [-0.2, 0) is 9.53 Å². The van der Waals surface area contributed by atoms with Gasteiger partial charge in [0.15, 0.2) is 4.34 Å². The molecule has 1 aromatic carbocycles. The van der Waals surface area contributed by atoms with E-state index in [0.717, 1.165) is 0 Å². The Bertz CT molecular complexity index is 886. The van der Waals surface area contributed by atoms with E-state index in [0.29, 0.717) is 25.8 Å². The number of nitrogens with one attached hydrogen (secondary N) is 2. The van der Waals surface area contributed by atoms with Crippen LogP contribution in [0.25, 0.3) is 0 Å². The normalized spacial score (nSPS) is 16.8. The Balaban J connectivity index is 1.98. The number of ether oxygens (including phenoxy) is 1. The van der Waals surface area contributed by atoms with Crippen molar-refractivity contribution in [3.63, 3.8) is 0 Å². The van der Waals surface area contributed by atoms with Crippen molar-refractivity contribution in [2.45, 2.75) is 10.4 Å². The number of thioether (sulfide) groups is 1. The molecular weight excluding hydrogens is 398 g/mol. The van der Waals surface area contributed by atoms with Crippen molar-refractivity contribution < 1.29 is 14.3 Å². The van der Waals surface area contributed by atoms with Crippen LogP contribution >= 0.6 is 34.7 Å². The lowest BCUT2D eigenvalue weighted by atomic mass is 9.95. The van der Waals surface area contributed by atoms with Crippen molar-refractivity contribution in [1.82, 2.24) is 20.8 Å². The highest BCUT2D eigenvalue weighted by Crippen LogP contribution is 2.34. The summed E-state index contributed by atoms with van der Waals surface area (Å²) in [5, 5.41) is 13.8. The second kappa shape index (κ2) is 7.94. The molecule has 1 atom stereocenters. The van der Waals surface area contributed by atoms with Gasteiger partial charge in [-0.1, -0.05) is 52.9 Å². The van der Waals surface area contributed by atoms with Gasteiger partial charge in [-0.25, -0.2) is 9.59 Å².